The highest BCUT2D eigenvalue weighted by Crippen LogP contribution is 2.28. The number of aldehydes is 1. The first-order chi connectivity index (χ1) is 8.91. The number of rotatable bonds is 2. The van der Waals surface area contributed by atoms with E-state index < -0.39 is 17.7 Å². The Labute approximate surface area is 104 Å². The maximum atomic E-state index is 13.4. The molecule has 98 valence electrons. The van der Waals surface area contributed by atoms with E-state index in [1.54, 1.807) is 0 Å². The predicted molar refractivity (Wildman–Crippen MR) is 57.8 cm³/mol. The lowest BCUT2D eigenvalue weighted by atomic mass is 10.1. The van der Waals surface area contributed by atoms with Crippen molar-refractivity contribution in [2.45, 2.75) is 6.18 Å². The van der Waals surface area contributed by atoms with Crippen molar-refractivity contribution in [1.82, 2.24) is 9.97 Å². The van der Waals surface area contributed by atoms with Crippen molar-refractivity contribution in [3.8, 4) is 11.4 Å². The zero-order chi connectivity index (χ0) is 14.0. The van der Waals surface area contributed by atoms with Crippen LogP contribution in [0.25, 0.3) is 11.4 Å². The smallest absolute Gasteiger partial charge is 0.298 e. The summed E-state index contributed by atoms with van der Waals surface area (Å²) < 4.78 is 50.8. The number of benzene rings is 1. The lowest BCUT2D eigenvalue weighted by molar-refractivity contribution is -0.141. The SMILES string of the molecule is O=Cc1ccc(-c2nccc(C(F)(F)F)n2)cc1F. The number of carbonyl (C=O) groups is 1. The average molecular weight is 270 g/mol. The first-order valence-corrected chi connectivity index (χ1v) is 5.07. The van der Waals surface area contributed by atoms with E-state index in [1.807, 2.05) is 0 Å². The van der Waals surface area contributed by atoms with E-state index in [9.17, 15) is 22.4 Å². The number of halogens is 4. The molecule has 3 nitrogen and oxygen atoms in total. The molecule has 0 aliphatic heterocycles. The molecule has 0 bridgehead atoms. The number of hydrogen-bond donors (Lipinski definition) is 0. The second-order valence-electron chi connectivity index (χ2n) is 3.62. The van der Waals surface area contributed by atoms with Crippen molar-refractivity contribution in [3.05, 3.63) is 47.5 Å². The molecule has 0 amide bonds. The molecule has 0 radical (unpaired) electrons. The van der Waals surface area contributed by atoms with Gasteiger partial charge in [-0.1, -0.05) is 6.07 Å². The average Bonchev–Trinajstić information content (AvgIpc) is 2.38. The lowest BCUT2D eigenvalue weighted by Crippen LogP contribution is -2.09. The minimum Gasteiger partial charge on any atom is -0.298 e. The van der Waals surface area contributed by atoms with E-state index >= 15 is 0 Å². The van der Waals surface area contributed by atoms with Crippen molar-refractivity contribution in [3.63, 3.8) is 0 Å². The first-order valence-electron chi connectivity index (χ1n) is 5.07. The van der Waals surface area contributed by atoms with E-state index in [0.717, 1.165) is 24.4 Å². The standard InChI is InChI=1S/C12H6F4N2O/c13-9-5-7(1-2-8(9)6-19)11-17-4-3-10(18-11)12(14,15)16/h1-6H. The van der Waals surface area contributed by atoms with E-state index in [0.29, 0.717) is 6.29 Å². The van der Waals surface area contributed by atoms with Crippen LogP contribution in [0.3, 0.4) is 0 Å². The minimum atomic E-state index is -4.60. The molecule has 0 atom stereocenters. The maximum absolute atomic E-state index is 13.4. The van der Waals surface area contributed by atoms with Crippen LogP contribution in [0.4, 0.5) is 17.6 Å². The number of hydrogen-bond acceptors (Lipinski definition) is 3. The van der Waals surface area contributed by atoms with Crippen LogP contribution in [0.5, 0.6) is 0 Å². The van der Waals surface area contributed by atoms with Crippen molar-refractivity contribution in [2.24, 2.45) is 0 Å². The van der Waals surface area contributed by atoms with Gasteiger partial charge in [-0.3, -0.25) is 4.79 Å². The Morgan fingerprint density at radius 3 is 2.47 bits per heavy atom. The van der Waals surface area contributed by atoms with Gasteiger partial charge in [-0.25, -0.2) is 14.4 Å². The molecule has 1 aromatic heterocycles. The third-order valence-corrected chi connectivity index (χ3v) is 2.33. The van der Waals surface area contributed by atoms with E-state index in [1.165, 1.54) is 6.07 Å². The molecule has 0 saturated carbocycles. The fourth-order valence-corrected chi connectivity index (χ4v) is 1.42. The van der Waals surface area contributed by atoms with Gasteiger partial charge in [-0.05, 0) is 18.2 Å². The van der Waals surface area contributed by atoms with Crippen LogP contribution in [0.1, 0.15) is 16.1 Å². The predicted octanol–water partition coefficient (Wildman–Crippen LogP) is 3.11. The highest BCUT2D eigenvalue weighted by atomic mass is 19.4. The summed E-state index contributed by atoms with van der Waals surface area (Å²) in [6, 6.07) is 4.07. The van der Waals surface area contributed by atoms with E-state index in [4.69, 9.17) is 0 Å². The second kappa shape index (κ2) is 4.75. The zero-order valence-corrected chi connectivity index (χ0v) is 9.28. The summed E-state index contributed by atoms with van der Waals surface area (Å²) in [4.78, 5) is 17.4. The second-order valence-corrected chi connectivity index (χ2v) is 3.62. The van der Waals surface area contributed by atoms with Crippen LogP contribution < -0.4 is 0 Å². The summed E-state index contributed by atoms with van der Waals surface area (Å²) >= 11 is 0. The lowest BCUT2D eigenvalue weighted by Gasteiger charge is -2.07. The van der Waals surface area contributed by atoms with Crippen LogP contribution in [0, 0.1) is 5.82 Å². The van der Waals surface area contributed by atoms with Gasteiger partial charge in [0.05, 0.1) is 5.56 Å². The summed E-state index contributed by atoms with van der Waals surface area (Å²) in [7, 11) is 0. The molecule has 0 spiro atoms. The normalized spacial score (nSPS) is 11.4. The molecule has 1 heterocycles. The van der Waals surface area contributed by atoms with Crippen molar-refractivity contribution in [1.29, 1.82) is 0 Å². The molecule has 0 aliphatic carbocycles. The Kier molecular flexibility index (Phi) is 3.28. The van der Waals surface area contributed by atoms with Gasteiger partial charge in [0.1, 0.15) is 11.5 Å². The fraction of sp³-hybridized carbons (Fsp3) is 0.0833. The van der Waals surface area contributed by atoms with Crippen LogP contribution >= 0.6 is 0 Å². The molecule has 2 aromatic rings. The van der Waals surface area contributed by atoms with Crippen molar-refractivity contribution >= 4 is 6.29 Å². The number of aromatic nitrogens is 2. The van der Waals surface area contributed by atoms with E-state index in [2.05, 4.69) is 9.97 Å². The van der Waals surface area contributed by atoms with Gasteiger partial charge < -0.3 is 0 Å². The molecule has 0 N–H and O–H groups in total. The summed E-state index contributed by atoms with van der Waals surface area (Å²) in [5.41, 5.74) is -1.23. The van der Waals surface area contributed by atoms with Crippen LogP contribution in [0.15, 0.2) is 30.5 Å². The summed E-state index contributed by atoms with van der Waals surface area (Å²) in [6.45, 7) is 0. The van der Waals surface area contributed by atoms with Gasteiger partial charge in [-0.15, -0.1) is 0 Å². The number of carbonyl (C=O) groups excluding carboxylic acids is 1. The zero-order valence-electron chi connectivity index (χ0n) is 9.28. The van der Waals surface area contributed by atoms with Gasteiger partial charge in [-0.2, -0.15) is 13.2 Å². The number of alkyl halides is 3. The number of nitrogens with zero attached hydrogens (tertiary/aromatic N) is 2. The Morgan fingerprint density at radius 2 is 1.89 bits per heavy atom. The highest BCUT2D eigenvalue weighted by molar-refractivity contribution is 5.76. The van der Waals surface area contributed by atoms with Crippen LogP contribution in [0.2, 0.25) is 0 Å². The summed E-state index contributed by atoms with van der Waals surface area (Å²) in [5.74, 6) is -1.10. The quantitative estimate of drug-likeness (QED) is 0.622. The highest BCUT2D eigenvalue weighted by Gasteiger charge is 2.32. The summed E-state index contributed by atoms with van der Waals surface area (Å²) in [6.07, 6.45) is -3.35. The van der Waals surface area contributed by atoms with Crippen molar-refractivity contribution in [2.75, 3.05) is 0 Å². The molecule has 0 aliphatic rings. The third kappa shape index (κ3) is 2.75. The molecule has 19 heavy (non-hydrogen) atoms. The van der Waals surface area contributed by atoms with Crippen LogP contribution in [-0.2, 0) is 6.18 Å². The molecule has 0 saturated heterocycles. The van der Waals surface area contributed by atoms with Gasteiger partial charge >= 0.3 is 6.18 Å². The topological polar surface area (TPSA) is 42.9 Å². The molecular weight excluding hydrogens is 264 g/mol. The third-order valence-electron chi connectivity index (χ3n) is 2.33. The maximum Gasteiger partial charge on any atom is 0.433 e. The molecule has 2 rings (SSSR count). The minimum absolute atomic E-state index is 0.0641. The van der Waals surface area contributed by atoms with Gasteiger partial charge in [0, 0.05) is 11.8 Å². The molecule has 0 unspecified atom stereocenters. The molecule has 1 aromatic carbocycles. The van der Waals surface area contributed by atoms with Gasteiger partial charge in [0.25, 0.3) is 0 Å². The van der Waals surface area contributed by atoms with E-state index in [-0.39, 0.29) is 17.0 Å². The Bertz CT molecular complexity index is 625. The van der Waals surface area contributed by atoms with Gasteiger partial charge in [0.2, 0.25) is 0 Å². The van der Waals surface area contributed by atoms with Crippen LogP contribution in [-0.4, -0.2) is 16.3 Å². The molecular formula is C12H6F4N2O. The summed E-state index contributed by atoms with van der Waals surface area (Å²) in [5, 5.41) is 0. The Hall–Kier alpha value is -2.31. The Morgan fingerprint density at radius 1 is 1.16 bits per heavy atom. The first kappa shape index (κ1) is 13.1. The molecule has 0 fully saturated rings. The monoisotopic (exact) mass is 270 g/mol. The Balaban J connectivity index is 2.48. The fourth-order valence-electron chi connectivity index (χ4n) is 1.42. The van der Waals surface area contributed by atoms with Gasteiger partial charge in [0.15, 0.2) is 12.1 Å². The largest absolute Gasteiger partial charge is 0.433 e. The van der Waals surface area contributed by atoms with Crippen molar-refractivity contribution < 1.29 is 22.4 Å². The molecule has 7 heteroatoms.